The fourth-order valence-corrected chi connectivity index (χ4v) is 4.39. The Bertz CT molecular complexity index is 848. The van der Waals surface area contributed by atoms with E-state index in [1.54, 1.807) is 18.2 Å². The monoisotopic (exact) mass is 500 g/mol. The van der Waals surface area contributed by atoms with Crippen LogP contribution < -0.4 is 0 Å². The van der Waals surface area contributed by atoms with Gasteiger partial charge in [-0.3, -0.25) is 0 Å². The molecule has 0 fully saturated rings. The molecule has 161 valence electrons. The second kappa shape index (κ2) is 12.6. The van der Waals surface area contributed by atoms with Crippen LogP contribution in [0.25, 0.3) is 0 Å². The Morgan fingerprint density at radius 2 is 1.23 bits per heavy atom. The fourth-order valence-electron chi connectivity index (χ4n) is 3.83. The number of halogens is 5. The average Bonchev–Trinajstić information content (AvgIpc) is 2.73. The van der Waals surface area contributed by atoms with Crippen LogP contribution in [0.4, 0.5) is 17.6 Å². The average molecular weight is 501 g/mol. The maximum absolute atomic E-state index is 12.6. The van der Waals surface area contributed by atoms with E-state index in [-0.39, 0.29) is 11.1 Å². The molecule has 0 aliphatic heterocycles. The molecule has 1 nitrogen and oxygen atoms in total. The zero-order valence-corrected chi connectivity index (χ0v) is 19.0. The van der Waals surface area contributed by atoms with Crippen LogP contribution in [0.15, 0.2) is 39.1 Å². The van der Waals surface area contributed by atoms with E-state index in [4.69, 9.17) is 0 Å². The van der Waals surface area contributed by atoms with Crippen LogP contribution in [0.5, 0.6) is 0 Å². The van der Waals surface area contributed by atoms with Gasteiger partial charge in [-0.1, -0.05) is 28.1 Å². The van der Waals surface area contributed by atoms with Gasteiger partial charge >= 0.3 is 24.8 Å². The van der Waals surface area contributed by atoms with Crippen LogP contribution in [-0.4, -0.2) is 7.64 Å². The third kappa shape index (κ3) is 7.22. The Balaban J connectivity index is 0.000000190. The van der Waals surface area contributed by atoms with Crippen molar-refractivity contribution >= 4 is 36.4 Å². The topological polar surface area (TPSA) is 12.4 Å². The Hall–Kier alpha value is -1.15. The molecule has 0 unspecified atom stereocenters. The Morgan fingerprint density at radius 3 is 1.73 bits per heavy atom. The van der Waals surface area contributed by atoms with E-state index < -0.39 is 12.9 Å². The molecule has 2 aliphatic carbocycles. The van der Waals surface area contributed by atoms with Crippen LogP contribution in [-0.2, 0) is 25.7 Å². The van der Waals surface area contributed by atoms with Gasteiger partial charge in [0.05, 0.1) is 0 Å². The molecule has 30 heavy (non-hydrogen) atoms. The zero-order valence-electron chi connectivity index (χ0n) is 16.6. The fraction of sp³-hybridized carbons (Fsp3) is 0.455. The Kier molecular flexibility index (Phi) is 10.6. The van der Waals surface area contributed by atoms with Crippen molar-refractivity contribution < 1.29 is 17.6 Å². The first kappa shape index (κ1) is 25.1. The molecular weight excluding hydrogens is 477 g/mol. The second-order valence-corrected chi connectivity index (χ2v) is 8.39. The van der Waals surface area contributed by atoms with Gasteiger partial charge < -0.3 is 0 Å². The molecule has 2 aromatic rings. The van der Waals surface area contributed by atoms with Gasteiger partial charge in [-0.25, -0.2) is 17.6 Å². The summed E-state index contributed by atoms with van der Waals surface area (Å²) in [5.74, 6) is 0. The summed E-state index contributed by atoms with van der Waals surface area (Å²) in [7, 11) is 4.34. The molecule has 8 heteroatoms. The van der Waals surface area contributed by atoms with Crippen LogP contribution in [0.3, 0.4) is 0 Å². The number of nitrogens with zero attached hydrogens (tertiary/aromatic N) is 1. The molecule has 0 atom stereocenters. The van der Waals surface area contributed by atoms with Gasteiger partial charge in [-0.05, 0) is 91.8 Å². The predicted molar refractivity (Wildman–Crippen MR) is 121 cm³/mol. The molecule has 0 bridgehead atoms. The molecule has 0 N–H and O–H groups in total. The summed E-state index contributed by atoms with van der Waals surface area (Å²) in [6.07, 6.45) is 3.92. The van der Waals surface area contributed by atoms with Crippen LogP contribution >= 0.6 is 28.7 Å². The summed E-state index contributed by atoms with van der Waals surface area (Å²) < 4.78 is 53.1. The summed E-state index contributed by atoms with van der Waals surface area (Å²) in [6, 6.07) is 8.59. The minimum absolute atomic E-state index is 0.130. The number of rotatable bonds is 2. The molecule has 0 amide bonds. The van der Waals surface area contributed by atoms with E-state index in [1.165, 1.54) is 24.0 Å². The number of benzene rings is 2. The van der Waals surface area contributed by atoms with Gasteiger partial charge in [0.15, 0.2) is 0 Å². The van der Waals surface area contributed by atoms with E-state index in [0.717, 1.165) is 49.7 Å². The van der Waals surface area contributed by atoms with Crippen LogP contribution in [0.2, 0.25) is 0 Å². The van der Waals surface area contributed by atoms with E-state index in [1.807, 2.05) is 12.1 Å². The van der Waals surface area contributed by atoms with Crippen molar-refractivity contribution in [1.82, 2.24) is 0 Å². The standard InChI is InChI=1S/C11H11BrF2.C11H12F2.BHNS/c12-10-6-8-4-2-1-3-7(8)5-9(10)11(13)14;12-11(13)10-6-5-8-3-1-2-4-9(8)7-10;1-2-3/h5-6,11H,1-4H2;5-7,11H,1-4H2;3H. The summed E-state index contributed by atoms with van der Waals surface area (Å²) >= 11 is 6.39. The quantitative estimate of drug-likeness (QED) is 0.244. The van der Waals surface area contributed by atoms with Gasteiger partial charge in [0, 0.05) is 15.6 Å². The molecule has 2 aliphatic rings. The van der Waals surface area contributed by atoms with E-state index in [0.29, 0.717) is 4.47 Å². The molecule has 4 rings (SSSR count). The van der Waals surface area contributed by atoms with E-state index >= 15 is 0 Å². The molecular formula is C22H24BBrF4NS. The zero-order chi connectivity index (χ0) is 22.1. The number of hydrogen-bond donors (Lipinski definition) is 1. The van der Waals surface area contributed by atoms with Gasteiger partial charge in [-0.2, -0.15) is 0 Å². The molecule has 0 aromatic heterocycles. The van der Waals surface area contributed by atoms with Gasteiger partial charge in [-0.15, -0.1) is 0 Å². The van der Waals surface area contributed by atoms with Crippen molar-refractivity contribution in [2.75, 3.05) is 0 Å². The summed E-state index contributed by atoms with van der Waals surface area (Å²) in [5, 5.41) is 0. The number of aryl methyl sites for hydroxylation is 4. The van der Waals surface area contributed by atoms with E-state index in [2.05, 4.69) is 40.7 Å². The van der Waals surface area contributed by atoms with Crippen molar-refractivity contribution in [2.24, 2.45) is 4.30 Å². The number of alkyl halides is 4. The van der Waals surface area contributed by atoms with Crippen molar-refractivity contribution in [3.63, 3.8) is 0 Å². The van der Waals surface area contributed by atoms with Gasteiger partial charge in [0.1, 0.15) is 0 Å². The molecule has 2 aromatic carbocycles. The van der Waals surface area contributed by atoms with Crippen molar-refractivity contribution in [1.29, 1.82) is 0 Å². The Labute approximate surface area is 190 Å². The number of hydrogen-bond acceptors (Lipinski definition) is 2. The first-order chi connectivity index (χ1) is 14.4. The normalized spacial score (nSPS) is 14.6. The van der Waals surface area contributed by atoms with Crippen molar-refractivity contribution in [2.45, 2.75) is 64.2 Å². The van der Waals surface area contributed by atoms with Crippen molar-refractivity contribution in [3.05, 3.63) is 68.2 Å². The summed E-state index contributed by atoms with van der Waals surface area (Å²) in [4.78, 5) is 0. The van der Waals surface area contributed by atoms with Crippen LogP contribution in [0, 0.1) is 0 Å². The molecule has 0 saturated heterocycles. The molecule has 0 heterocycles. The molecule has 1 radical (unpaired) electrons. The number of thiol groups is 1. The van der Waals surface area contributed by atoms with E-state index in [9.17, 15) is 17.6 Å². The first-order valence-corrected chi connectivity index (χ1v) is 11.1. The molecule has 0 spiro atoms. The summed E-state index contributed by atoms with van der Waals surface area (Å²) in [6.45, 7) is 0. The van der Waals surface area contributed by atoms with Crippen molar-refractivity contribution in [3.8, 4) is 0 Å². The number of fused-ring (bicyclic) bond motifs is 2. The third-order valence-corrected chi connectivity index (χ3v) is 6.01. The van der Waals surface area contributed by atoms with Gasteiger partial charge in [0.25, 0.3) is 12.9 Å². The Morgan fingerprint density at radius 1 is 0.767 bits per heavy atom. The first-order valence-electron chi connectivity index (χ1n) is 9.90. The third-order valence-electron chi connectivity index (χ3n) is 5.32. The predicted octanol–water partition coefficient (Wildman–Crippen LogP) is 7.95. The maximum atomic E-state index is 12.6. The second-order valence-electron chi connectivity index (χ2n) is 7.30. The summed E-state index contributed by atoms with van der Waals surface area (Å²) in [5.41, 5.74) is 5.02. The van der Waals surface area contributed by atoms with Gasteiger partial charge in [0.2, 0.25) is 0 Å². The van der Waals surface area contributed by atoms with Crippen LogP contribution in [0.1, 0.15) is 71.9 Å². The molecule has 0 saturated carbocycles. The SMILES string of the molecule is FC(F)c1cc2c(cc1Br)CCCC2.FC(F)c1ccc2c(c1)CCCC2.[B]=NS. The minimum atomic E-state index is -2.38.